The Labute approximate surface area is 182 Å². The van der Waals surface area contributed by atoms with Gasteiger partial charge in [0.05, 0.1) is 22.6 Å². The number of hydrogen-bond donors (Lipinski definition) is 0. The van der Waals surface area contributed by atoms with Crippen LogP contribution in [-0.2, 0) is 0 Å². The second kappa shape index (κ2) is 7.65. The molecule has 7 heteroatoms. The van der Waals surface area contributed by atoms with Crippen LogP contribution in [0.3, 0.4) is 0 Å². The third-order valence-corrected chi connectivity index (χ3v) is 5.62. The lowest BCUT2D eigenvalue weighted by Crippen LogP contribution is -2.23. The van der Waals surface area contributed by atoms with Gasteiger partial charge in [0.25, 0.3) is 5.56 Å². The van der Waals surface area contributed by atoms with Gasteiger partial charge in [-0.1, -0.05) is 48.0 Å². The summed E-state index contributed by atoms with van der Waals surface area (Å²) < 4.78 is 3.83. The normalized spacial score (nSPS) is 11.9. The standard InChI is InChI=1S/C23H21BrN4O2/c1-13(2)22-26-20-10-9-16(24)11-18(20)23(30)28(22)25-12-19-14(3)27(15(4)29)21-8-6-5-7-17(19)21/h5-13H,1-4H3. The van der Waals surface area contributed by atoms with E-state index in [0.717, 1.165) is 26.6 Å². The van der Waals surface area contributed by atoms with Crippen molar-refractivity contribution in [1.29, 1.82) is 0 Å². The van der Waals surface area contributed by atoms with Gasteiger partial charge in [0.2, 0.25) is 5.91 Å². The maximum atomic E-state index is 13.2. The molecule has 0 aliphatic rings. The van der Waals surface area contributed by atoms with Crippen LogP contribution in [0.4, 0.5) is 0 Å². The number of carbonyl (C=O) groups excluding carboxylic acids is 1. The molecule has 2 aromatic carbocycles. The van der Waals surface area contributed by atoms with E-state index in [2.05, 4.69) is 26.0 Å². The molecule has 30 heavy (non-hydrogen) atoms. The summed E-state index contributed by atoms with van der Waals surface area (Å²) in [6.07, 6.45) is 1.65. The minimum Gasteiger partial charge on any atom is -0.284 e. The topological polar surface area (TPSA) is 69.2 Å². The molecule has 2 aromatic heterocycles. The molecule has 0 atom stereocenters. The zero-order valence-corrected chi connectivity index (χ0v) is 18.8. The van der Waals surface area contributed by atoms with E-state index in [1.54, 1.807) is 16.8 Å². The van der Waals surface area contributed by atoms with E-state index in [0.29, 0.717) is 16.7 Å². The molecule has 0 unspecified atom stereocenters. The van der Waals surface area contributed by atoms with E-state index in [9.17, 15) is 9.59 Å². The lowest BCUT2D eigenvalue weighted by molar-refractivity contribution is 0.0939. The fourth-order valence-corrected chi connectivity index (χ4v) is 4.09. The van der Waals surface area contributed by atoms with Gasteiger partial charge in [0.1, 0.15) is 5.82 Å². The Morgan fingerprint density at radius 1 is 1.17 bits per heavy atom. The fourth-order valence-electron chi connectivity index (χ4n) is 3.73. The first-order valence-corrected chi connectivity index (χ1v) is 10.5. The van der Waals surface area contributed by atoms with Crippen LogP contribution < -0.4 is 5.56 Å². The largest absolute Gasteiger partial charge is 0.284 e. The van der Waals surface area contributed by atoms with Crippen LogP contribution in [0, 0.1) is 6.92 Å². The number of nitrogens with zero attached hydrogens (tertiary/aromatic N) is 4. The van der Waals surface area contributed by atoms with Crippen LogP contribution in [-0.4, -0.2) is 26.3 Å². The number of fused-ring (bicyclic) bond motifs is 2. The molecule has 4 aromatic rings. The van der Waals surface area contributed by atoms with Crippen LogP contribution in [0.1, 0.15) is 48.6 Å². The van der Waals surface area contributed by atoms with Gasteiger partial charge in [-0.2, -0.15) is 9.78 Å². The predicted octanol–water partition coefficient (Wildman–Crippen LogP) is 5.09. The highest BCUT2D eigenvalue weighted by Crippen LogP contribution is 2.25. The maximum Gasteiger partial charge on any atom is 0.282 e. The van der Waals surface area contributed by atoms with Crippen molar-refractivity contribution in [2.45, 2.75) is 33.6 Å². The molecule has 0 spiro atoms. The molecule has 2 heterocycles. The van der Waals surface area contributed by atoms with Gasteiger partial charge in [-0.25, -0.2) is 4.98 Å². The van der Waals surface area contributed by atoms with Gasteiger partial charge in [-0.3, -0.25) is 14.2 Å². The molecule has 6 nitrogen and oxygen atoms in total. The van der Waals surface area contributed by atoms with Crippen LogP contribution in [0.2, 0.25) is 0 Å². The summed E-state index contributed by atoms with van der Waals surface area (Å²) >= 11 is 3.42. The first-order chi connectivity index (χ1) is 14.3. The Balaban J connectivity index is 1.97. The van der Waals surface area contributed by atoms with Gasteiger partial charge in [0.15, 0.2) is 0 Å². The molecule has 0 N–H and O–H groups in total. The van der Waals surface area contributed by atoms with Crippen molar-refractivity contribution in [3.8, 4) is 0 Å². The summed E-state index contributed by atoms with van der Waals surface area (Å²) in [6, 6.07) is 13.1. The molecule has 4 rings (SSSR count). The van der Waals surface area contributed by atoms with Crippen LogP contribution in [0.15, 0.2) is 56.8 Å². The molecule has 0 aliphatic heterocycles. The average Bonchev–Trinajstić information content (AvgIpc) is 2.99. The maximum absolute atomic E-state index is 13.2. The van der Waals surface area contributed by atoms with Crippen molar-refractivity contribution in [2.24, 2.45) is 5.10 Å². The predicted molar refractivity (Wildman–Crippen MR) is 124 cm³/mol. The summed E-state index contributed by atoms with van der Waals surface area (Å²) in [5, 5.41) is 5.94. The highest BCUT2D eigenvalue weighted by molar-refractivity contribution is 9.10. The number of halogens is 1. The number of benzene rings is 2. The molecule has 0 fully saturated rings. The SMILES string of the molecule is CC(=O)n1c(C)c(C=Nn2c(C(C)C)nc3ccc(Br)cc3c2=O)c2ccccc21. The zero-order chi connectivity index (χ0) is 21.6. The molecule has 0 radical (unpaired) electrons. The Hall–Kier alpha value is -3.06. The quantitative estimate of drug-likeness (QED) is 0.396. The van der Waals surface area contributed by atoms with Gasteiger partial charge in [-0.05, 0) is 31.2 Å². The Morgan fingerprint density at radius 3 is 2.60 bits per heavy atom. The molecule has 0 aliphatic carbocycles. The van der Waals surface area contributed by atoms with Gasteiger partial charge < -0.3 is 0 Å². The first kappa shape index (κ1) is 20.2. The summed E-state index contributed by atoms with van der Waals surface area (Å²) in [4.78, 5) is 30.1. The monoisotopic (exact) mass is 464 g/mol. The van der Waals surface area contributed by atoms with Gasteiger partial charge >= 0.3 is 0 Å². The summed E-state index contributed by atoms with van der Waals surface area (Å²) in [5.74, 6) is 0.516. The molecule has 0 saturated heterocycles. The van der Waals surface area contributed by atoms with Crippen LogP contribution in [0.25, 0.3) is 21.8 Å². The highest BCUT2D eigenvalue weighted by atomic mass is 79.9. The van der Waals surface area contributed by atoms with E-state index in [1.165, 1.54) is 11.6 Å². The lowest BCUT2D eigenvalue weighted by Gasteiger charge is -2.12. The van der Waals surface area contributed by atoms with Crippen molar-refractivity contribution in [3.63, 3.8) is 0 Å². The summed E-state index contributed by atoms with van der Waals surface area (Å²) in [5.41, 5.74) is 2.82. The Kier molecular flexibility index (Phi) is 5.15. The first-order valence-electron chi connectivity index (χ1n) is 9.67. The molecule has 0 bridgehead atoms. The molecule has 0 amide bonds. The highest BCUT2D eigenvalue weighted by Gasteiger charge is 2.17. The minimum absolute atomic E-state index is 0.00237. The number of para-hydroxylation sites is 1. The van der Waals surface area contributed by atoms with E-state index in [1.807, 2.05) is 57.2 Å². The molecular formula is C23H21BrN4O2. The van der Waals surface area contributed by atoms with E-state index in [-0.39, 0.29) is 17.4 Å². The smallest absolute Gasteiger partial charge is 0.282 e. The van der Waals surface area contributed by atoms with Crippen LogP contribution >= 0.6 is 15.9 Å². The number of rotatable bonds is 3. The van der Waals surface area contributed by atoms with Gasteiger partial charge in [0, 0.05) is 34.0 Å². The Bertz CT molecular complexity index is 1400. The third kappa shape index (κ3) is 3.29. The second-order valence-corrected chi connectivity index (χ2v) is 8.43. The Morgan fingerprint density at radius 2 is 1.90 bits per heavy atom. The van der Waals surface area contributed by atoms with E-state index in [4.69, 9.17) is 0 Å². The van der Waals surface area contributed by atoms with Crippen molar-refractivity contribution in [1.82, 2.24) is 14.2 Å². The van der Waals surface area contributed by atoms with E-state index >= 15 is 0 Å². The molecular weight excluding hydrogens is 444 g/mol. The molecule has 152 valence electrons. The van der Waals surface area contributed by atoms with Crippen molar-refractivity contribution >= 4 is 49.9 Å². The van der Waals surface area contributed by atoms with Crippen molar-refractivity contribution in [2.75, 3.05) is 0 Å². The van der Waals surface area contributed by atoms with E-state index < -0.39 is 0 Å². The van der Waals surface area contributed by atoms with Crippen molar-refractivity contribution < 1.29 is 4.79 Å². The third-order valence-electron chi connectivity index (χ3n) is 5.13. The average molecular weight is 465 g/mol. The van der Waals surface area contributed by atoms with Crippen molar-refractivity contribution in [3.05, 3.63) is 74.4 Å². The minimum atomic E-state index is -0.228. The summed E-state index contributed by atoms with van der Waals surface area (Å²) in [6.45, 7) is 7.37. The second-order valence-electron chi connectivity index (χ2n) is 7.52. The number of aromatic nitrogens is 3. The van der Waals surface area contributed by atoms with Gasteiger partial charge in [-0.15, -0.1) is 0 Å². The van der Waals surface area contributed by atoms with Crippen LogP contribution in [0.5, 0.6) is 0 Å². The lowest BCUT2D eigenvalue weighted by atomic mass is 10.1. The summed E-state index contributed by atoms with van der Waals surface area (Å²) in [7, 11) is 0. The molecule has 0 saturated carbocycles. The number of hydrogen-bond acceptors (Lipinski definition) is 4. The zero-order valence-electron chi connectivity index (χ0n) is 17.2. The number of carbonyl (C=O) groups is 1. The fraction of sp³-hybridized carbons (Fsp3) is 0.217.